The van der Waals surface area contributed by atoms with Gasteiger partial charge in [-0.15, -0.1) is 0 Å². The molecule has 20 heavy (non-hydrogen) atoms. The van der Waals surface area contributed by atoms with Gasteiger partial charge >= 0.3 is 0 Å². The van der Waals surface area contributed by atoms with Crippen molar-refractivity contribution in [3.63, 3.8) is 0 Å². The summed E-state index contributed by atoms with van der Waals surface area (Å²) in [6.45, 7) is 3.56. The zero-order chi connectivity index (χ0) is 15.3. The van der Waals surface area contributed by atoms with Crippen LogP contribution in [0.3, 0.4) is 0 Å². The van der Waals surface area contributed by atoms with Crippen LogP contribution in [-0.4, -0.2) is 22.8 Å². The molecule has 7 nitrogen and oxygen atoms in total. The van der Waals surface area contributed by atoms with Crippen LogP contribution in [0, 0.1) is 10.1 Å². The fraction of sp³-hybridized carbons (Fsp3) is 0.167. The van der Waals surface area contributed by atoms with Crippen LogP contribution in [0.5, 0.6) is 0 Å². The van der Waals surface area contributed by atoms with Crippen molar-refractivity contribution in [2.75, 3.05) is 0 Å². The summed E-state index contributed by atoms with van der Waals surface area (Å²) in [7, 11) is 0. The molecule has 0 aliphatic rings. The summed E-state index contributed by atoms with van der Waals surface area (Å²) in [4.78, 5) is 33.2. The number of carbonyl (C=O) groups is 2. The van der Waals surface area contributed by atoms with E-state index in [2.05, 4.69) is 27.8 Å². The van der Waals surface area contributed by atoms with Gasteiger partial charge in [-0.1, -0.05) is 28.6 Å². The largest absolute Gasteiger partial charge is 0.368 e. The lowest BCUT2D eigenvalue weighted by Crippen LogP contribution is -2.44. The number of nitrogens with one attached hydrogen (secondary N) is 1. The number of primary amides is 1. The third kappa shape index (κ3) is 4.47. The lowest BCUT2D eigenvalue weighted by atomic mass is 10.1. The molecule has 0 aromatic heterocycles. The van der Waals surface area contributed by atoms with Gasteiger partial charge in [0.2, 0.25) is 5.91 Å². The van der Waals surface area contributed by atoms with Gasteiger partial charge in [-0.3, -0.25) is 19.7 Å². The maximum Gasteiger partial charge on any atom is 0.270 e. The van der Waals surface area contributed by atoms with Crippen LogP contribution >= 0.6 is 15.9 Å². The number of nitrogens with zero attached hydrogens (tertiary/aromatic N) is 1. The zero-order valence-electron chi connectivity index (χ0n) is 10.3. The molecule has 0 fully saturated rings. The Kier molecular flexibility index (Phi) is 5.39. The fourth-order valence-electron chi connectivity index (χ4n) is 1.45. The van der Waals surface area contributed by atoms with Gasteiger partial charge in [0.15, 0.2) is 0 Å². The van der Waals surface area contributed by atoms with Gasteiger partial charge in [-0.25, -0.2) is 0 Å². The first-order valence-corrected chi connectivity index (χ1v) is 6.28. The second kappa shape index (κ2) is 6.80. The van der Waals surface area contributed by atoms with Crippen LogP contribution in [0.2, 0.25) is 0 Å². The minimum atomic E-state index is -0.936. The Hall–Kier alpha value is -2.22. The lowest BCUT2D eigenvalue weighted by molar-refractivity contribution is -0.384. The number of nitrogens with two attached hydrogens (primary N) is 1. The highest BCUT2D eigenvalue weighted by atomic mass is 79.9. The summed E-state index contributed by atoms with van der Waals surface area (Å²) in [6.07, 6.45) is 0.135. The Bertz CT molecular complexity index is 574. The van der Waals surface area contributed by atoms with Crippen molar-refractivity contribution in [2.24, 2.45) is 5.73 Å². The van der Waals surface area contributed by atoms with Crippen LogP contribution in [-0.2, 0) is 4.79 Å². The van der Waals surface area contributed by atoms with Gasteiger partial charge in [0.25, 0.3) is 11.6 Å². The van der Waals surface area contributed by atoms with Crippen LogP contribution in [0.15, 0.2) is 35.3 Å². The van der Waals surface area contributed by atoms with Crippen molar-refractivity contribution in [3.05, 3.63) is 51.0 Å². The highest BCUT2D eigenvalue weighted by Gasteiger charge is 2.20. The normalized spacial score (nSPS) is 11.4. The summed E-state index contributed by atoms with van der Waals surface area (Å²) >= 11 is 3.08. The van der Waals surface area contributed by atoms with E-state index in [4.69, 9.17) is 5.73 Å². The molecule has 2 amide bonds. The molecule has 0 saturated heterocycles. The van der Waals surface area contributed by atoms with E-state index in [0.29, 0.717) is 4.48 Å². The number of hydrogen-bond donors (Lipinski definition) is 2. The molecule has 0 bridgehead atoms. The molecule has 8 heteroatoms. The highest BCUT2D eigenvalue weighted by molar-refractivity contribution is 9.11. The van der Waals surface area contributed by atoms with Crippen LogP contribution < -0.4 is 11.1 Å². The van der Waals surface area contributed by atoms with E-state index in [1.807, 2.05) is 0 Å². The second-order valence-electron chi connectivity index (χ2n) is 3.96. The van der Waals surface area contributed by atoms with E-state index in [0.717, 1.165) is 6.07 Å². The molecule has 0 radical (unpaired) electrons. The van der Waals surface area contributed by atoms with Crippen molar-refractivity contribution in [1.29, 1.82) is 0 Å². The van der Waals surface area contributed by atoms with Crippen molar-refractivity contribution in [2.45, 2.75) is 12.5 Å². The maximum atomic E-state index is 11.9. The van der Waals surface area contributed by atoms with Crippen LogP contribution in [0.25, 0.3) is 0 Å². The Labute approximate surface area is 123 Å². The number of nitro benzene ring substituents is 1. The average Bonchev–Trinajstić information content (AvgIpc) is 2.37. The SMILES string of the molecule is C=C(Br)C[C@@H](NC(=O)c1cccc([N+](=O)[O-])c1)C(N)=O. The lowest BCUT2D eigenvalue weighted by Gasteiger charge is -2.14. The number of benzene rings is 1. The molecule has 0 heterocycles. The molecule has 0 unspecified atom stereocenters. The Morgan fingerprint density at radius 2 is 2.15 bits per heavy atom. The number of halogens is 1. The first-order valence-electron chi connectivity index (χ1n) is 5.49. The van der Waals surface area contributed by atoms with Gasteiger partial charge in [-0.05, 0) is 10.5 Å². The smallest absolute Gasteiger partial charge is 0.270 e. The number of amides is 2. The molecular formula is C12H12BrN3O4. The molecule has 0 aliphatic carbocycles. The van der Waals surface area contributed by atoms with Gasteiger partial charge in [0, 0.05) is 24.1 Å². The van der Waals surface area contributed by atoms with Gasteiger partial charge < -0.3 is 11.1 Å². The minimum absolute atomic E-state index is 0.0747. The summed E-state index contributed by atoms with van der Waals surface area (Å²) in [5.41, 5.74) is 5.03. The Morgan fingerprint density at radius 1 is 1.50 bits per heavy atom. The molecule has 3 N–H and O–H groups in total. The first-order chi connectivity index (χ1) is 9.31. The van der Waals surface area contributed by atoms with Crippen LogP contribution in [0.4, 0.5) is 5.69 Å². The number of carbonyl (C=O) groups excluding carboxylic acids is 2. The predicted octanol–water partition coefficient (Wildman–Crippen LogP) is 1.48. The van der Waals surface area contributed by atoms with E-state index in [1.165, 1.54) is 18.2 Å². The Morgan fingerprint density at radius 3 is 2.65 bits per heavy atom. The number of rotatable bonds is 6. The monoisotopic (exact) mass is 341 g/mol. The van der Waals surface area contributed by atoms with Gasteiger partial charge in [0.1, 0.15) is 6.04 Å². The quantitative estimate of drug-likeness (QED) is 0.602. The topological polar surface area (TPSA) is 115 Å². The number of hydrogen-bond acceptors (Lipinski definition) is 4. The molecule has 1 aromatic rings. The van der Waals surface area contributed by atoms with Crippen molar-refractivity contribution in [1.82, 2.24) is 5.32 Å². The molecule has 106 valence electrons. The summed E-state index contributed by atoms with van der Waals surface area (Å²) in [5, 5.41) is 13.0. The van der Waals surface area contributed by atoms with E-state index >= 15 is 0 Å². The standard InChI is InChI=1S/C12H12BrN3O4/c1-7(13)5-10(11(14)17)15-12(18)8-3-2-4-9(6-8)16(19)20/h2-4,6,10H,1,5H2,(H2,14,17)(H,15,18)/t10-/m1/s1. The summed E-state index contributed by atoms with van der Waals surface area (Å²) < 4.78 is 0.501. The second-order valence-corrected chi connectivity index (χ2v) is 5.08. The van der Waals surface area contributed by atoms with Gasteiger partial charge in [-0.2, -0.15) is 0 Å². The third-order valence-corrected chi connectivity index (χ3v) is 2.72. The summed E-state index contributed by atoms with van der Waals surface area (Å²) in [5.74, 6) is -1.34. The molecule has 1 atom stereocenters. The summed E-state index contributed by atoms with van der Waals surface area (Å²) in [6, 6.07) is 4.24. The molecule has 0 aliphatic heterocycles. The average molecular weight is 342 g/mol. The molecule has 0 saturated carbocycles. The molecule has 1 rings (SSSR count). The van der Waals surface area contributed by atoms with Crippen LogP contribution in [0.1, 0.15) is 16.8 Å². The first kappa shape index (κ1) is 15.8. The highest BCUT2D eigenvalue weighted by Crippen LogP contribution is 2.14. The van der Waals surface area contributed by atoms with E-state index in [9.17, 15) is 19.7 Å². The number of non-ortho nitro benzene ring substituents is 1. The molecule has 0 spiro atoms. The van der Waals surface area contributed by atoms with E-state index < -0.39 is 22.8 Å². The van der Waals surface area contributed by atoms with E-state index in [-0.39, 0.29) is 17.7 Å². The van der Waals surface area contributed by atoms with Crippen molar-refractivity contribution in [3.8, 4) is 0 Å². The van der Waals surface area contributed by atoms with Crippen molar-refractivity contribution < 1.29 is 14.5 Å². The molecular weight excluding hydrogens is 330 g/mol. The Balaban J connectivity index is 2.88. The van der Waals surface area contributed by atoms with E-state index in [1.54, 1.807) is 0 Å². The molecule has 1 aromatic carbocycles. The maximum absolute atomic E-state index is 11.9. The van der Waals surface area contributed by atoms with Crippen molar-refractivity contribution >= 4 is 33.4 Å². The predicted molar refractivity (Wildman–Crippen MR) is 76.2 cm³/mol. The number of nitro groups is 1. The zero-order valence-corrected chi connectivity index (χ0v) is 11.9. The third-order valence-electron chi connectivity index (χ3n) is 2.39. The fourth-order valence-corrected chi connectivity index (χ4v) is 1.77. The van der Waals surface area contributed by atoms with Gasteiger partial charge in [0.05, 0.1) is 4.92 Å². The minimum Gasteiger partial charge on any atom is -0.368 e.